The van der Waals surface area contributed by atoms with Crippen molar-refractivity contribution in [3.63, 3.8) is 0 Å². The number of nitrogens with one attached hydrogen (secondary N) is 3. The zero-order valence-corrected chi connectivity index (χ0v) is 18.9. The Hall–Kier alpha value is -2.47. The lowest BCUT2D eigenvalue weighted by Gasteiger charge is -2.25. The highest BCUT2D eigenvalue weighted by Gasteiger charge is 2.32. The molecule has 9 nitrogen and oxygen atoms in total. The molecule has 0 bridgehead atoms. The Balaban J connectivity index is 1.31. The maximum Gasteiger partial charge on any atom is 0.338 e. The molecule has 2 atom stereocenters. The Morgan fingerprint density at radius 1 is 1.31 bits per heavy atom. The van der Waals surface area contributed by atoms with Gasteiger partial charge in [-0.2, -0.15) is 8.42 Å². The number of rotatable bonds is 5. The zero-order chi connectivity index (χ0) is 22.3. The molecule has 2 aromatic rings. The first kappa shape index (κ1) is 21.4. The summed E-state index contributed by atoms with van der Waals surface area (Å²) in [5, 5.41) is 20.4. The zero-order valence-electron chi connectivity index (χ0n) is 17.3. The SMILES string of the molecule is O=C(O)c1c(NC2CCCCO2)sc2c1CC(CNC1=NS(=O)(=O)c3ccccc31)NC2. The van der Waals surface area contributed by atoms with Gasteiger partial charge in [-0.15, -0.1) is 15.7 Å². The van der Waals surface area contributed by atoms with E-state index in [4.69, 9.17) is 4.74 Å². The first-order valence-electron chi connectivity index (χ1n) is 10.6. The second-order valence-corrected chi connectivity index (χ2v) is 10.8. The third-order valence-electron chi connectivity index (χ3n) is 5.93. The number of carboxylic acids is 1. The van der Waals surface area contributed by atoms with Gasteiger partial charge >= 0.3 is 5.97 Å². The van der Waals surface area contributed by atoms with Crippen molar-refractivity contribution in [1.82, 2.24) is 10.6 Å². The van der Waals surface area contributed by atoms with Crippen LogP contribution < -0.4 is 16.0 Å². The van der Waals surface area contributed by atoms with Gasteiger partial charge in [-0.25, -0.2) is 4.79 Å². The van der Waals surface area contributed by atoms with Gasteiger partial charge in [-0.05, 0) is 43.4 Å². The summed E-state index contributed by atoms with van der Waals surface area (Å²) in [4.78, 5) is 13.3. The van der Waals surface area contributed by atoms with Gasteiger partial charge in [0, 0.05) is 36.2 Å². The second-order valence-electron chi connectivity index (χ2n) is 8.09. The third kappa shape index (κ3) is 4.01. The number of hydrogen-bond donors (Lipinski definition) is 4. The monoisotopic (exact) mass is 476 g/mol. The molecule has 3 aliphatic heterocycles. The van der Waals surface area contributed by atoms with Crippen molar-refractivity contribution in [2.24, 2.45) is 4.40 Å². The number of thiophene rings is 1. The number of sulfonamides is 1. The Morgan fingerprint density at radius 2 is 2.16 bits per heavy atom. The van der Waals surface area contributed by atoms with E-state index < -0.39 is 16.0 Å². The summed E-state index contributed by atoms with van der Waals surface area (Å²) in [7, 11) is -3.68. The summed E-state index contributed by atoms with van der Waals surface area (Å²) in [5.41, 5.74) is 1.70. The number of carboxylic acid groups (broad SMARTS) is 1. The molecule has 0 aliphatic carbocycles. The molecular formula is C21H24N4O5S2. The second kappa shape index (κ2) is 8.47. The number of carbonyl (C=O) groups is 1. The van der Waals surface area contributed by atoms with Crippen LogP contribution in [0.4, 0.5) is 5.00 Å². The lowest BCUT2D eigenvalue weighted by molar-refractivity contribution is 0.0344. The van der Waals surface area contributed by atoms with Crippen molar-refractivity contribution in [3.05, 3.63) is 45.8 Å². The van der Waals surface area contributed by atoms with Crippen LogP contribution in [0, 0.1) is 0 Å². The molecule has 0 amide bonds. The molecule has 1 aromatic heterocycles. The van der Waals surface area contributed by atoms with Gasteiger partial charge in [-0.1, -0.05) is 12.1 Å². The number of nitrogens with zero attached hydrogens (tertiary/aromatic N) is 1. The van der Waals surface area contributed by atoms with Gasteiger partial charge < -0.3 is 25.8 Å². The van der Waals surface area contributed by atoms with Crippen molar-refractivity contribution in [3.8, 4) is 0 Å². The topological polar surface area (TPSA) is 129 Å². The summed E-state index contributed by atoms with van der Waals surface area (Å²) in [6.45, 7) is 1.66. The normalized spacial score (nSPS) is 23.7. The first-order valence-corrected chi connectivity index (χ1v) is 12.9. The van der Waals surface area contributed by atoms with Crippen LogP contribution in [-0.2, 0) is 27.7 Å². The van der Waals surface area contributed by atoms with E-state index in [9.17, 15) is 18.3 Å². The van der Waals surface area contributed by atoms with Crippen LogP contribution in [0.3, 0.4) is 0 Å². The molecule has 1 aromatic carbocycles. The maximum atomic E-state index is 12.2. The predicted octanol–water partition coefficient (Wildman–Crippen LogP) is 2.14. The van der Waals surface area contributed by atoms with Crippen LogP contribution in [0.5, 0.6) is 0 Å². The molecule has 2 unspecified atom stereocenters. The molecule has 0 spiro atoms. The van der Waals surface area contributed by atoms with Crippen LogP contribution in [0.15, 0.2) is 33.6 Å². The molecule has 0 radical (unpaired) electrons. The van der Waals surface area contributed by atoms with E-state index in [2.05, 4.69) is 20.3 Å². The molecule has 1 saturated heterocycles. The molecule has 4 N–H and O–H groups in total. The van der Waals surface area contributed by atoms with Crippen LogP contribution >= 0.6 is 11.3 Å². The standard InChI is InChI=1S/C21H24N4O5S2/c26-21(27)18-14-9-12(10-23-19-13-5-1-2-6-16(13)32(28,29)25-19)22-11-15(14)31-20(18)24-17-7-3-4-8-30-17/h1-2,5-6,12,17,22,24H,3-4,7-11H2,(H,23,25)(H,26,27). The number of aromatic carboxylic acids is 1. The first-order chi connectivity index (χ1) is 15.4. The molecule has 32 heavy (non-hydrogen) atoms. The fourth-order valence-corrected chi connectivity index (χ4v) is 6.76. The quantitative estimate of drug-likeness (QED) is 0.517. The molecule has 3 aliphatic rings. The minimum atomic E-state index is -3.68. The highest BCUT2D eigenvalue weighted by molar-refractivity contribution is 7.90. The smallest absolute Gasteiger partial charge is 0.338 e. The summed E-state index contributed by atoms with van der Waals surface area (Å²) < 4.78 is 34.1. The predicted molar refractivity (Wildman–Crippen MR) is 121 cm³/mol. The molecule has 170 valence electrons. The number of hydrogen-bond acceptors (Lipinski definition) is 8. The van der Waals surface area contributed by atoms with E-state index in [0.717, 1.165) is 29.7 Å². The summed E-state index contributed by atoms with van der Waals surface area (Å²) in [5.74, 6) is -0.622. The summed E-state index contributed by atoms with van der Waals surface area (Å²) >= 11 is 1.46. The van der Waals surface area contributed by atoms with E-state index in [-0.39, 0.29) is 17.2 Å². The Kier molecular flexibility index (Phi) is 5.66. The van der Waals surface area contributed by atoms with Crippen LogP contribution in [0.1, 0.15) is 45.6 Å². The summed E-state index contributed by atoms with van der Waals surface area (Å²) in [6.07, 6.45) is 3.31. The van der Waals surface area contributed by atoms with E-state index in [1.807, 2.05) is 0 Å². The molecular weight excluding hydrogens is 452 g/mol. The highest BCUT2D eigenvalue weighted by atomic mass is 32.2. The largest absolute Gasteiger partial charge is 0.478 e. The van der Waals surface area contributed by atoms with E-state index >= 15 is 0 Å². The third-order valence-corrected chi connectivity index (χ3v) is 8.42. The van der Waals surface area contributed by atoms with Crippen molar-refractivity contribution in [1.29, 1.82) is 0 Å². The van der Waals surface area contributed by atoms with Crippen molar-refractivity contribution in [2.75, 3.05) is 18.5 Å². The number of amidine groups is 1. The molecule has 11 heteroatoms. The van der Waals surface area contributed by atoms with Crippen LogP contribution in [-0.4, -0.2) is 50.8 Å². The number of ether oxygens (including phenoxy) is 1. The Labute approximate surface area is 190 Å². The Bertz CT molecular complexity index is 1180. The fourth-order valence-electron chi connectivity index (χ4n) is 4.35. The molecule has 5 rings (SSSR count). The van der Waals surface area contributed by atoms with E-state index in [1.165, 1.54) is 11.3 Å². The minimum Gasteiger partial charge on any atom is -0.478 e. The van der Waals surface area contributed by atoms with E-state index in [1.54, 1.807) is 24.3 Å². The van der Waals surface area contributed by atoms with Crippen molar-refractivity contribution in [2.45, 2.75) is 49.4 Å². The van der Waals surface area contributed by atoms with Gasteiger partial charge in [0.15, 0.2) is 0 Å². The number of anilines is 1. The fraction of sp³-hybridized carbons (Fsp3) is 0.429. The average Bonchev–Trinajstić information content (AvgIpc) is 3.27. The number of benzene rings is 1. The maximum absolute atomic E-state index is 12.2. The Morgan fingerprint density at radius 3 is 2.94 bits per heavy atom. The van der Waals surface area contributed by atoms with Gasteiger partial charge in [0.1, 0.15) is 22.0 Å². The highest BCUT2D eigenvalue weighted by Crippen LogP contribution is 2.37. The molecule has 0 saturated carbocycles. The minimum absolute atomic E-state index is 0.0628. The van der Waals surface area contributed by atoms with Crippen LogP contribution in [0.25, 0.3) is 0 Å². The van der Waals surface area contributed by atoms with Gasteiger partial charge in [0.2, 0.25) is 0 Å². The van der Waals surface area contributed by atoms with Gasteiger partial charge in [0.05, 0.1) is 5.56 Å². The average molecular weight is 477 g/mol. The van der Waals surface area contributed by atoms with Crippen molar-refractivity contribution >= 4 is 38.2 Å². The molecule has 4 heterocycles. The van der Waals surface area contributed by atoms with Crippen LogP contribution in [0.2, 0.25) is 0 Å². The number of fused-ring (bicyclic) bond motifs is 2. The van der Waals surface area contributed by atoms with Gasteiger partial charge in [0.25, 0.3) is 10.0 Å². The lowest BCUT2D eigenvalue weighted by atomic mass is 9.97. The lowest BCUT2D eigenvalue weighted by Crippen LogP contribution is -2.44. The molecule has 1 fully saturated rings. The van der Waals surface area contributed by atoms with E-state index in [0.29, 0.717) is 48.1 Å². The summed E-state index contributed by atoms with van der Waals surface area (Å²) in [6, 6.07) is 6.66. The van der Waals surface area contributed by atoms with Crippen molar-refractivity contribution < 1.29 is 23.1 Å². The van der Waals surface area contributed by atoms with Gasteiger partial charge in [-0.3, -0.25) is 0 Å².